The lowest BCUT2D eigenvalue weighted by atomic mass is 10.1. The standard InChI is InChI=1S/C22H30FN5/c1-24-22(25-16-18-4-6-19(7-5-18)17-26(2)3)28-14-12-27(13-15-28)21-10-8-20(23)9-11-21/h4-11H,12-17H2,1-3H3,(H,24,25). The molecule has 2 aromatic rings. The maximum Gasteiger partial charge on any atom is 0.194 e. The minimum absolute atomic E-state index is 0.193. The van der Waals surface area contributed by atoms with E-state index in [1.54, 1.807) is 0 Å². The fourth-order valence-corrected chi connectivity index (χ4v) is 3.47. The van der Waals surface area contributed by atoms with Gasteiger partial charge in [-0.2, -0.15) is 0 Å². The summed E-state index contributed by atoms with van der Waals surface area (Å²) in [6, 6.07) is 15.4. The average Bonchev–Trinajstić information content (AvgIpc) is 2.70. The zero-order valence-electron chi connectivity index (χ0n) is 17.0. The summed E-state index contributed by atoms with van der Waals surface area (Å²) in [4.78, 5) is 11.2. The van der Waals surface area contributed by atoms with Crippen LogP contribution in [0, 0.1) is 5.82 Å². The second-order valence-electron chi connectivity index (χ2n) is 7.41. The Labute approximate surface area is 167 Å². The van der Waals surface area contributed by atoms with Gasteiger partial charge in [0.15, 0.2) is 5.96 Å². The van der Waals surface area contributed by atoms with Crippen LogP contribution >= 0.6 is 0 Å². The quantitative estimate of drug-likeness (QED) is 0.636. The topological polar surface area (TPSA) is 34.1 Å². The summed E-state index contributed by atoms with van der Waals surface area (Å²) in [5, 5.41) is 3.48. The number of rotatable bonds is 5. The molecule has 0 radical (unpaired) electrons. The van der Waals surface area contributed by atoms with Gasteiger partial charge < -0.3 is 20.0 Å². The molecular formula is C22H30FN5. The minimum Gasteiger partial charge on any atom is -0.368 e. The first kappa shape index (κ1) is 20.1. The fourth-order valence-electron chi connectivity index (χ4n) is 3.47. The van der Waals surface area contributed by atoms with Gasteiger partial charge in [0.05, 0.1) is 0 Å². The first-order chi connectivity index (χ1) is 13.5. The molecule has 1 N–H and O–H groups in total. The van der Waals surface area contributed by atoms with Crippen LogP contribution < -0.4 is 10.2 Å². The van der Waals surface area contributed by atoms with Crippen molar-refractivity contribution in [2.24, 2.45) is 4.99 Å². The lowest BCUT2D eigenvalue weighted by Crippen LogP contribution is -2.52. The van der Waals surface area contributed by atoms with Crippen molar-refractivity contribution in [1.29, 1.82) is 0 Å². The Morgan fingerprint density at radius 2 is 1.57 bits per heavy atom. The largest absolute Gasteiger partial charge is 0.368 e. The van der Waals surface area contributed by atoms with Crippen molar-refractivity contribution in [2.45, 2.75) is 13.1 Å². The lowest BCUT2D eigenvalue weighted by molar-refractivity contribution is 0.372. The van der Waals surface area contributed by atoms with E-state index in [0.29, 0.717) is 0 Å². The summed E-state index contributed by atoms with van der Waals surface area (Å²) in [7, 11) is 5.99. The summed E-state index contributed by atoms with van der Waals surface area (Å²) in [6.45, 7) is 5.27. The molecule has 150 valence electrons. The van der Waals surface area contributed by atoms with Gasteiger partial charge in [0, 0.05) is 52.0 Å². The van der Waals surface area contributed by atoms with Crippen LogP contribution in [0.3, 0.4) is 0 Å². The van der Waals surface area contributed by atoms with Crippen LogP contribution in [0.1, 0.15) is 11.1 Å². The summed E-state index contributed by atoms with van der Waals surface area (Å²) >= 11 is 0. The number of hydrogen-bond donors (Lipinski definition) is 1. The molecule has 0 saturated carbocycles. The van der Waals surface area contributed by atoms with Gasteiger partial charge in [-0.1, -0.05) is 24.3 Å². The lowest BCUT2D eigenvalue weighted by Gasteiger charge is -2.37. The monoisotopic (exact) mass is 383 g/mol. The summed E-state index contributed by atoms with van der Waals surface area (Å²) in [5.74, 6) is 0.734. The molecule has 0 aliphatic carbocycles. The van der Waals surface area contributed by atoms with Gasteiger partial charge >= 0.3 is 0 Å². The second kappa shape index (κ2) is 9.55. The first-order valence-electron chi connectivity index (χ1n) is 9.74. The number of nitrogens with zero attached hydrogens (tertiary/aromatic N) is 4. The van der Waals surface area contributed by atoms with Gasteiger partial charge in [0.25, 0.3) is 0 Å². The Hall–Kier alpha value is -2.60. The zero-order valence-corrected chi connectivity index (χ0v) is 17.0. The number of anilines is 1. The molecule has 0 unspecified atom stereocenters. The van der Waals surface area contributed by atoms with Crippen LogP contribution in [0.15, 0.2) is 53.5 Å². The maximum absolute atomic E-state index is 13.1. The molecule has 0 bridgehead atoms. The zero-order chi connectivity index (χ0) is 19.9. The molecule has 1 saturated heterocycles. The Morgan fingerprint density at radius 1 is 0.964 bits per heavy atom. The number of nitrogens with one attached hydrogen (secondary N) is 1. The van der Waals surface area contributed by atoms with E-state index in [-0.39, 0.29) is 5.82 Å². The van der Waals surface area contributed by atoms with Crippen LogP contribution in [0.5, 0.6) is 0 Å². The van der Waals surface area contributed by atoms with Crippen LogP contribution in [0.2, 0.25) is 0 Å². The predicted octanol–water partition coefficient (Wildman–Crippen LogP) is 2.78. The third-order valence-corrected chi connectivity index (χ3v) is 4.96. The number of aliphatic imine (C=N–C) groups is 1. The summed E-state index contributed by atoms with van der Waals surface area (Å²) < 4.78 is 13.1. The van der Waals surface area contributed by atoms with E-state index >= 15 is 0 Å². The molecule has 1 aliphatic heterocycles. The van der Waals surface area contributed by atoms with E-state index in [9.17, 15) is 4.39 Å². The van der Waals surface area contributed by atoms with Crippen LogP contribution in [0.4, 0.5) is 10.1 Å². The van der Waals surface area contributed by atoms with Crippen molar-refractivity contribution in [2.75, 3.05) is 52.2 Å². The molecule has 0 aromatic heterocycles. The van der Waals surface area contributed by atoms with Crippen molar-refractivity contribution in [3.63, 3.8) is 0 Å². The molecule has 1 heterocycles. The number of guanidine groups is 1. The van der Waals surface area contributed by atoms with Crippen molar-refractivity contribution in [3.05, 3.63) is 65.5 Å². The number of halogens is 1. The smallest absolute Gasteiger partial charge is 0.194 e. The molecular weight excluding hydrogens is 353 g/mol. The van der Waals surface area contributed by atoms with Crippen LogP contribution in [-0.2, 0) is 13.1 Å². The van der Waals surface area contributed by atoms with Crippen LogP contribution in [0.25, 0.3) is 0 Å². The minimum atomic E-state index is -0.193. The molecule has 28 heavy (non-hydrogen) atoms. The number of benzene rings is 2. The van der Waals surface area contributed by atoms with Crippen molar-refractivity contribution < 1.29 is 4.39 Å². The molecule has 3 rings (SSSR count). The molecule has 0 amide bonds. The summed E-state index contributed by atoms with van der Waals surface area (Å²) in [5.41, 5.74) is 3.63. The van der Waals surface area contributed by atoms with Crippen molar-refractivity contribution in [3.8, 4) is 0 Å². The van der Waals surface area contributed by atoms with E-state index < -0.39 is 0 Å². The maximum atomic E-state index is 13.1. The Bertz CT molecular complexity index is 763. The highest BCUT2D eigenvalue weighted by atomic mass is 19.1. The van der Waals surface area contributed by atoms with E-state index in [1.807, 2.05) is 19.2 Å². The molecule has 2 aromatic carbocycles. The Kier molecular flexibility index (Phi) is 6.87. The van der Waals surface area contributed by atoms with Gasteiger partial charge in [-0.15, -0.1) is 0 Å². The van der Waals surface area contributed by atoms with Crippen molar-refractivity contribution in [1.82, 2.24) is 15.1 Å². The van der Waals surface area contributed by atoms with Crippen molar-refractivity contribution >= 4 is 11.6 Å². The molecule has 0 atom stereocenters. The van der Waals surface area contributed by atoms with Gasteiger partial charge in [-0.25, -0.2) is 4.39 Å². The van der Waals surface area contributed by atoms with Gasteiger partial charge in [0.1, 0.15) is 5.82 Å². The van der Waals surface area contributed by atoms with E-state index in [4.69, 9.17) is 0 Å². The van der Waals surface area contributed by atoms with Gasteiger partial charge in [0.2, 0.25) is 0 Å². The van der Waals surface area contributed by atoms with E-state index in [2.05, 4.69) is 63.4 Å². The number of hydrogen-bond acceptors (Lipinski definition) is 3. The van der Waals surface area contributed by atoms with Gasteiger partial charge in [-0.3, -0.25) is 4.99 Å². The van der Waals surface area contributed by atoms with Crippen LogP contribution in [-0.4, -0.2) is 63.1 Å². The third-order valence-electron chi connectivity index (χ3n) is 4.96. The Balaban J connectivity index is 1.50. The number of piperazine rings is 1. The van der Waals surface area contributed by atoms with E-state index in [0.717, 1.165) is 50.9 Å². The average molecular weight is 384 g/mol. The SMILES string of the molecule is CN=C(NCc1ccc(CN(C)C)cc1)N1CCN(c2ccc(F)cc2)CC1. The van der Waals surface area contributed by atoms with E-state index in [1.165, 1.54) is 23.3 Å². The predicted molar refractivity (Wildman–Crippen MR) is 114 cm³/mol. The fraction of sp³-hybridized carbons (Fsp3) is 0.409. The first-order valence-corrected chi connectivity index (χ1v) is 9.74. The normalized spacial score (nSPS) is 15.2. The molecule has 1 aliphatic rings. The third kappa shape index (κ3) is 5.45. The molecule has 0 spiro atoms. The summed E-state index contributed by atoms with van der Waals surface area (Å²) in [6.07, 6.45) is 0. The van der Waals surface area contributed by atoms with Gasteiger partial charge in [-0.05, 0) is 49.5 Å². The second-order valence-corrected chi connectivity index (χ2v) is 7.41. The molecule has 6 heteroatoms. The highest BCUT2D eigenvalue weighted by molar-refractivity contribution is 5.80. The highest BCUT2D eigenvalue weighted by Crippen LogP contribution is 2.17. The molecule has 5 nitrogen and oxygen atoms in total. The highest BCUT2D eigenvalue weighted by Gasteiger charge is 2.19. The Morgan fingerprint density at radius 3 is 2.14 bits per heavy atom. The molecule has 1 fully saturated rings.